The number of hydrogen-bond donors (Lipinski definition) is 1. The van der Waals surface area contributed by atoms with E-state index in [1.165, 1.54) is 0 Å². The van der Waals surface area contributed by atoms with Crippen molar-refractivity contribution < 1.29 is 4.79 Å². The topological polar surface area (TPSA) is 51.1 Å². The summed E-state index contributed by atoms with van der Waals surface area (Å²) in [6.45, 7) is 2.53. The van der Waals surface area contributed by atoms with Gasteiger partial charge in [0.25, 0.3) is 11.5 Å². The van der Waals surface area contributed by atoms with Gasteiger partial charge in [-0.05, 0) is 23.9 Å². The van der Waals surface area contributed by atoms with Crippen LogP contribution < -0.4 is 10.9 Å². The number of benzene rings is 1. The molecule has 0 bridgehead atoms. The molecule has 0 spiro atoms. The summed E-state index contributed by atoms with van der Waals surface area (Å²) in [7, 11) is 1.57. The lowest BCUT2D eigenvalue weighted by Gasteiger charge is -2.12. The van der Waals surface area contributed by atoms with Gasteiger partial charge in [-0.2, -0.15) is 0 Å². The minimum Gasteiger partial charge on any atom is -0.354 e. The van der Waals surface area contributed by atoms with Gasteiger partial charge < -0.3 is 9.88 Å². The number of rotatable bonds is 3. The maximum Gasteiger partial charge on any atom is 0.267 e. The molecule has 2 aromatic rings. The molecule has 0 aliphatic heterocycles. The van der Waals surface area contributed by atoms with Gasteiger partial charge in [-0.3, -0.25) is 9.59 Å². The smallest absolute Gasteiger partial charge is 0.267 e. The molecule has 0 aliphatic carbocycles. The zero-order chi connectivity index (χ0) is 13.1. The van der Waals surface area contributed by atoms with Crippen LogP contribution in [0.4, 0.5) is 0 Å². The largest absolute Gasteiger partial charge is 0.354 e. The summed E-state index contributed by atoms with van der Waals surface area (Å²) >= 11 is 0. The summed E-state index contributed by atoms with van der Waals surface area (Å²) in [5.41, 5.74) is 0.316. The van der Waals surface area contributed by atoms with E-state index < -0.39 is 0 Å². The molecule has 1 N–H and O–H groups in total. The van der Waals surface area contributed by atoms with Crippen molar-refractivity contribution in [3.63, 3.8) is 0 Å². The Morgan fingerprint density at radius 2 is 2.06 bits per heavy atom. The number of aromatic nitrogens is 1. The van der Waals surface area contributed by atoms with Gasteiger partial charge in [0.1, 0.15) is 5.69 Å². The van der Waals surface area contributed by atoms with Crippen molar-refractivity contribution in [2.45, 2.75) is 19.9 Å². The fourth-order valence-electron chi connectivity index (χ4n) is 2.06. The molecular formula is C14H16N2O2. The molecule has 4 nitrogen and oxygen atoms in total. The maximum atomic E-state index is 12.3. The van der Waals surface area contributed by atoms with Crippen molar-refractivity contribution in [1.29, 1.82) is 0 Å². The van der Waals surface area contributed by atoms with Gasteiger partial charge in [-0.1, -0.05) is 25.1 Å². The highest BCUT2D eigenvalue weighted by molar-refractivity contribution is 5.96. The van der Waals surface area contributed by atoms with Crippen molar-refractivity contribution in [3.05, 3.63) is 46.4 Å². The Hall–Kier alpha value is -2.10. The molecule has 0 saturated carbocycles. The molecule has 0 radical (unpaired) electrons. The van der Waals surface area contributed by atoms with Crippen molar-refractivity contribution in [3.8, 4) is 0 Å². The van der Waals surface area contributed by atoms with Crippen LogP contribution in [0.2, 0.25) is 0 Å². The molecule has 0 fully saturated rings. The van der Waals surface area contributed by atoms with Crippen LogP contribution in [0.5, 0.6) is 0 Å². The normalized spacial score (nSPS) is 10.6. The van der Waals surface area contributed by atoms with E-state index in [1.54, 1.807) is 23.7 Å². The van der Waals surface area contributed by atoms with Crippen LogP contribution in [0.3, 0.4) is 0 Å². The molecule has 0 atom stereocenters. The summed E-state index contributed by atoms with van der Waals surface area (Å²) in [4.78, 5) is 24.2. The molecule has 0 saturated heterocycles. The number of carbonyl (C=O) groups is 1. The molecule has 0 aliphatic rings. The molecule has 18 heavy (non-hydrogen) atoms. The maximum absolute atomic E-state index is 12.3. The average Bonchev–Trinajstić information content (AvgIpc) is 2.41. The number of nitrogens with one attached hydrogen (secondary N) is 1. The van der Waals surface area contributed by atoms with Gasteiger partial charge in [-0.25, -0.2) is 0 Å². The summed E-state index contributed by atoms with van der Waals surface area (Å²) < 4.78 is 1.54. The Labute approximate surface area is 105 Å². The van der Waals surface area contributed by atoms with E-state index in [-0.39, 0.29) is 11.5 Å². The molecular weight excluding hydrogens is 228 g/mol. The first kappa shape index (κ1) is 12.4. The molecule has 4 heteroatoms. The van der Waals surface area contributed by atoms with Gasteiger partial charge >= 0.3 is 0 Å². The first-order chi connectivity index (χ1) is 8.69. The quantitative estimate of drug-likeness (QED) is 0.894. The highest BCUT2D eigenvalue weighted by atomic mass is 16.2. The highest BCUT2D eigenvalue weighted by Crippen LogP contribution is 2.12. The minimum atomic E-state index is -0.230. The van der Waals surface area contributed by atoms with Crippen LogP contribution >= 0.6 is 0 Å². The highest BCUT2D eigenvalue weighted by Gasteiger charge is 2.13. The zero-order valence-electron chi connectivity index (χ0n) is 10.6. The summed E-state index contributed by atoms with van der Waals surface area (Å²) in [5, 5.41) is 4.02. The van der Waals surface area contributed by atoms with Gasteiger partial charge in [-0.15, -0.1) is 0 Å². The van der Waals surface area contributed by atoms with Crippen molar-refractivity contribution in [2.24, 2.45) is 0 Å². The molecule has 2 rings (SSSR count). The number of carbonyl (C=O) groups excluding carboxylic acids is 1. The molecule has 1 heterocycles. The van der Waals surface area contributed by atoms with E-state index in [9.17, 15) is 9.59 Å². The van der Waals surface area contributed by atoms with E-state index >= 15 is 0 Å². The van der Waals surface area contributed by atoms with Crippen LogP contribution in [0.25, 0.3) is 10.8 Å². The summed E-state index contributed by atoms with van der Waals surface area (Å²) in [6.07, 6.45) is 0.808. The Bertz CT molecular complexity index is 644. The monoisotopic (exact) mass is 244 g/mol. The zero-order valence-corrected chi connectivity index (χ0v) is 10.6. The number of amides is 1. The van der Waals surface area contributed by atoms with Crippen LogP contribution in [-0.4, -0.2) is 17.5 Å². The second kappa shape index (κ2) is 5.04. The van der Waals surface area contributed by atoms with E-state index in [0.29, 0.717) is 17.6 Å². The number of nitrogens with zero attached hydrogens (tertiary/aromatic N) is 1. The summed E-state index contributed by atoms with van der Waals surface area (Å²) in [5.74, 6) is -0.230. The van der Waals surface area contributed by atoms with E-state index in [2.05, 4.69) is 5.32 Å². The Balaban J connectivity index is 2.79. The minimum absolute atomic E-state index is 0.103. The van der Waals surface area contributed by atoms with Gasteiger partial charge in [0.15, 0.2) is 0 Å². The second-order valence-electron chi connectivity index (χ2n) is 4.15. The summed E-state index contributed by atoms with van der Waals surface area (Å²) in [6, 6.07) is 9.10. The number of pyridine rings is 1. The van der Waals surface area contributed by atoms with Crippen molar-refractivity contribution in [2.75, 3.05) is 7.05 Å². The van der Waals surface area contributed by atoms with Crippen molar-refractivity contribution in [1.82, 2.24) is 9.88 Å². The first-order valence-electron chi connectivity index (χ1n) is 6.03. The predicted molar refractivity (Wildman–Crippen MR) is 71.9 cm³/mol. The van der Waals surface area contributed by atoms with Crippen LogP contribution in [0.1, 0.15) is 23.8 Å². The number of fused-ring (bicyclic) bond motifs is 1. The second-order valence-corrected chi connectivity index (χ2v) is 4.15. The van der Waals surface area contributed by atoms with Gasteiger partial charge in [0.2, 0.25) is 0 Å². The Morgan fingerprint density at radius 1 is 1.33 bits per heavy atom. The molecule has 94 valence electrons. The van der Waals surface area contributed by atoms with Crippen LogP contribution in [-0.2, 0) is 6.54 Å². The molecule has 0 unspecified atom stereocenters. The van der Waals surface area contributed by atoms with Crippen LogP contribution in [0, 0.1) is 0 Å². The molecule has 1 amide bonds. The Kier molecular flexibility index (Phi) is 3.46. The molecule has 1 aromatic heterocycles. The predicted octanol–water partition coefficient (Wildman–Crippen LogP) is 1.77. The van der Waals surface area contributed by atoms with E-state index in [0.717, 1.165) is 11.8 Å². The lowest BCUT2D eigenvalue weighted by Crippen LogP contribution is -2.30. The van der Waals surface area contributed by atoms with Gasteiger partial charge in [0, 0.05) is 19.0 Å². The van der Waals surface area contributed by atoms with Crippen molar-refractivity contribution >= 4 is 16.7 Å². The lowest BCUT2D eigenvalue weighted by molar-refractivity contribution is 0.0952. The van der Waals surface area contributed by atoms with Crippen LogP contribution in [0.15, 0.2) is 35.1 Å². The lowest BCUT2D eigenvalue weighted by atomic mass is 10.1. The van der Waals surface area contributed by atoms with E-state index in [1.807, 2.05) is 25.1 Å². The SMILES string of the molecule is CCCn1c(C(=O)NC)cc2ccccc2c1=O. The Morgan fingerprint density at radius 3 is 2.72 bits per heavy atom. The van der Waals surface area contributed by atoms with Gasteiger partial charge in [0.05, 0.1) is 0 Å². The third-order valence-electron chi connectivity index (χ3n) is 2.93. The molecule has 1 aromatic carbocycles. The van der Waals surface area contributed by atoms with E-state index in [4.69, 9.17) is 0 Å². The first-order valence-corrected chi connectivity index (χ1v) is 6.03. The fourth-order valence-corrected chi connectivity index (χ4v) is 2.06. The third kappa shape index (κ3) is 2.01. The standard InChI is InChI=1S/C14H16N2O2/c1-3-8-16-12(13(17)15-2)9-10-6-4-5-7-11(10)14(16)18/h4-7,9H,3,8H2,1-2H3,(H,15,17). The average molecular weight is 244 g/mol. The third-order valence-corrected chi connectivity index (χ3v) is 2.93. The number of hydrogen-bond acceptors (Lipinski definition) is 2. The fraction of sp³-hybridized carbons (Fsp3) is 0.286.